The van der Waals surface area contributed by atoms with Gasteiger partial charge in [-0.1, -0.05) is 0 Å². The Bertz CT molecular complexity index is 943. The highest BCUT2D eigenvalue weighted by Crippen LogP contribution is 2.51. The Balaban J connectivity index is 1.54. The summed E-state index contributed by atoms with van der Waals surface area (Å²) in [4.78, 5) is 30.6. The fourth-order valence-electron chi connectivity index (χ4n) is 4.60. The molecule has 28 heavy (non-hydrogen) atoms. The van der Waals surface area contributed by atoms with E-state index in [1.165, 1.54) is 6.20 Å². The van der Waals surface area contributed by atoms with Gasteiger partial charge in [-0.15, -0.1) is 0 Å². The van der Waals surface area contributed by atoms with Crippen LogP contribution in [0.25, 0.3) is 10.9 Å². The summed E-state index contributed by atoms with van der Waals surface area (Å²) in [5, 5.41) is 10.8. The lowest BCUT2D eigenvalue weighted by atomic mass is 9.58. The van der Waals surface area contributed by atoms with E-state index in [2.05, 4.69) is 4.98 Å². The van der Waals surface area contributed by atoms with Gasteiger partial charge in [0.05, 0.1) is 19.3 Å². The van der Waals surface area contributed by atoms with Gasteiger partial charge in [0.2, 0.25) is 5.43 Å². The number of hydrogen-bond donors (Lipinski definition) is 2. The van der Waals surface area contributed by atoms with Gasteiger partial charge in [-0.25, -0.2) is 0 Å². The van der Waals surface area contributed by atoms with Crippen LogP contribution in [0.1, 0.15) is 36.5 Å². The summed E-state index contributed by atoms with van der Waals surface area (Å²) in [6, 6.07) is 5.18. The van der Waals surface area contributed by atoms with Crippen molar-refractivity contribution in [3.8, 4) is 5.75 Å². The van der Waals surface area contributed by atoms with E-state index in [1.807, 2.05) is 6.92 Å². The van der Waals surface area contributed by atoms with Gasteiger partial charge in [-0.05, 0) is 38.0 Å². The number of rotatable bonds is 4. The average Bonchev–Trinajstić information content (AvgIpc) is 2.73. The van der Waals surface area contributed by atoms with E-state index in [0.29, 0.717) is 55.6 Å². The summed E-state index contributed by atoms with van der Waals surface area (Å²) in [5.74, 6) is 0.297. The number of aromatic nitrogens is 1. The molecule has 1 aliphatic carbocycles. The lowest BCUT2D eigenvalue weighted by Crippen LogP contribution is -2.62. The number of ether oxygens (including phenoxy) is 2. The molecule has 2 heterocycles. The zero-order valence-corrected chi connectivity index (χ0v) is 16.2. The Morgan fingerprint density at radius 2 is 2.11 bits per heavy atom. The third kappa shape index (κ3) is 2.89. The number of aliphatic hydroxyl groups is 1. The maximum absolute atomic E-state index is 13.0. The third-order valence-corrected chi connectivity index (χ3v) is 6.41. The fourth-order valence-corrected chi connectivity index (χ4v) is 4.60. The molecule has 1 amide bonds. The molecule has 1 aliphatic heterocycles. The maximum atomic E-state index is 13.0. The predicted molar refractivity (Wildman–Crippen MR) is 105 cm³/mol. The van der Waals surface area contributed by atoms with Crippen molar-refractivity contribution in [3.63, 3.8) is 0 Å². The molecular weight excluding hydrogens is 360 g/mol. The first-order valence-electron chi connectivity index (χ1n) is 9.78. The minimum absolute atomic E-state index is 0.0567. The number of pyridine rings is 1. The molecule has 1 aromatic carbocycles. The van der Waals surface area contributed by atoms with E-state index in [9.17, 15) is 14.7 Å². The second kappa shape index (κ2) is 7.22. The maximum Gasteiger partial charge on any atom is 0.259 e. The molecule has 1 saturated heterocycles. The van der Waals surface area contributed by atoms with E-state index in [1.54, 1.807) is 30.2 Å². The molecule has 2 fully saturated rings. The molecule has 0 bridgehead atoms. The Kier molecular flexibility index (Phi) is 4.89. The lowest BCUT2D eigenvalue weighted by Gasteiger charge is -2.56. The second-order valence-electron chi connectivity index (χ2n) is 7.66. The molecule has 1 saturated carbocycles. The molecule has 4 rings (SSSR count). The average molecular weight is 386 g/mol. The number of amides is 1. The predicted octanol–water partition coefficient (Wildman–Crippen LogP) is 1.93. The minimum Gasteiger partial charge on any atom is -0.497 e. The Labute approximate surface area is 163 Å². The van der Waals surface area contributed by atoms with Gasteiger partial charge >= 0.3 is 0 Å². The molecule has 7 heteroatoms. The highest BCUT2D eigenvalue weighted by Gasteiger charge is 2.56. The zero-order chi connectivity index (χ0) is 19.9. The Morgan fingerprint density at radius 3 is 2.75 bits per heavy atom. The number of piperidine rings is 1. The number of hydrogen-bond acceptors (Lipinski definition) is 5. The van der Waals surface area contributed by atoms with E-state index in [-0.39, 0.29) is 34.5 Å². The second-order valence-corrected chi connectivity index (χ2v) is 7.66. The molecule has 0 unspecified atom stereocenters. The molecule has 2 N–H and O–H groups in total. The van der Waals surface area contributed by atoms with Crippen LogP contribution in [-0.4, -0.2) is 59.9 Å². The summed E-state index contributed by atoms with van der Waals surface area (Å²) < 4.78 is 11.0. The number of nitrogens with zero attached hydrogens (tertiary/aromatic N) is 1. The third-order valence-electron chi connectivity index (χ3n) is 6.41. The topological polar surface area (TPSA) is 91.9 Å². The SMILES string of the molecule is CCO[C@H]1C[C@@H](O)C12CCN(C(=O)c1c[nH]c3ccc(OC)cc3c1=O)CC2. The first-order chi connectivity index (χ1) is 13.5. The smallest absolute Gasteiger partial charge is 0.259 e. The summed E-state index contributed by atoms with van der Waals surface area (Å²) in [6.07, 6.45) is 3.20. The van der Waals surface area contributed by atoms with Crippen LogP contribution in [0.15, 0.2) is 29.2 Å². The molecule has 2 atom stereocenters. The Morgan fingerprint density at radius 1 is 1.36 bits per heavy atom. The van der Waals surface area contributed by atoms with Crippen LogP contribution in [0.5, 0.6) is 5.75 Å². The Hall–Kier alpha value is -2.38. The number of carbonyl (C=O) groups is 1. The molecular formula is C21H26N2O5. The van der Waals surface area contributed by atoms with Gasteiger partial charge in [0.1, 0.15) is 11.3 Å². The number of aliphatic hydroxyl groups excluding tert-OH is 1. The van der Waals surface area contributed by atoms with Crippen LogP contribution in [0.4, 0.5) is 0 Å². The van der Waals surface area contributed by atoms with Crippen molar-refractivity contribution in [2.24, 2.45) is 5.41 Å². The summed E-state index contributed by atoms with van der Waals surface area (Å²) in [7, 11) is 1.54. The van der Waals surface area contributed by atoms with E-state index < -0.39 is 0 Å². The highest BCUT2D eigenvalue weighted by atomic mass is 16.5. The van der Waals surface area contributed by atoms with Gasteiger partial charge in [0.25, 0.3) is 5.91 Å². The van der Waals surface area contributed by atoms with Crippen molar-refractivity contribution in [3.05, 3.63) is 40.2 Å². The van der Waals surface area contributed by atoms with Crippen molar-refractivity contribution in [2.75, 3.05) is 26.8 Å². The first-order valence-corrected chi connectivity index (χ1v) is 9.78. The van der Waals surface area contributed by atoms with Crippen LogP contribution in [0, 0.1) is 5.41 Å². The van der Waals surface area contributed by atoms with Gasteiger partial charge in [-0.3, -0.25) is 9.59 Å². The highest BCUT2D eigenvalue weighted by molar-refractivity contribution is 5.97. The number of likely N-dealkylation sites (tertiary alicyclic amines) is 1. The van der Waals surface area contributed by atoms with Crippen LogP contribution in [0.3, 0.4) is 0 Å². The molecule has 150 valence electrons. The van der Waals surface area contributed by atoms with Gasteiger partial charge in [0.15, 0.2) is 0 Å². The number of fused-ring (bicyclic) bond motifs is 1. The van der Waals surface area contributed by atoms with Gasteiger partial charge in [-0.2, -0.15) is 0 Å². The van der Waals surface area contributed by atoms with Crippen LogP contribution >= 0.6 is 0 Å². The molecule has 1 spiro atoms. The quantitative estimate of drug-likeness (QED) is 0.838. The van der Waals surface area contributed by atoms with Gasteiger partial charge < -0.3 is 24.5 Å². The summed E-state index contributed by atoms with van der Waals surface area (Å²) in [6.45, 7) is 3.60. The van der Waals surface area contributed by atoms with Crippen LogP contribution < -0.4 is 10.2 Å². The monoisotopic (exact) mass is 386 g/mol. The van der Waals surface area contributed by atoms with Crippen LogP contribution in [0.2, 0.25) is 0 Å². The number of methoxy groups -OCH3 is 1. The number of carbonyl (C=O) groups excluding carboxylic acids is 1. The number of aromatic amines is 1. The summed E-state index contributed by atoms with van der Waals surface area (Å²) >= 11 is 0. The van der Waals surface area contributed by atoms with Crippen molar-refractivity contribution < 1.29 is 19.4 Å². The largest absolute Gasteiger partial charge is 0.497 e. The fraction of sp³-hybridized carbons (Fsp3) is 0.524. The van der Waals surface area contributed by atoms with Crippen molar-refractivity contribution in [2.45, 2.75) is 38.4 Å². The zero-order valence-electron chi connectivity index (χ0n) is 16.2. The molecule has 2 aliphatic rings. The van der Waals surface area contributed by atoms with Crippen molar-refractivity contribution in [1.82, 2.24) is 9.88 Å². The molecule has 0 radical (unpaired) electrons. The van der Waals surface area contributed by atoms with E-state index in [0.717, 1.165) is 0 Å². The van der Waals surface area contributed by atoms with E-state index >= 15 is 0 Å². The normalized spacial score (nSPS) is 23.6. The van der Waals surface area contributed by atoms with Crippen molar-refractivity contribution in [1.29, 1.82) is 0 Å². The number of benzene rings is 1. The van der Waals surface area contributed by atoms with Crippen molar-refractivity contribution >= 4 is 16.8 Å². The molecule has 2 aromatic rings. The number of nitrogens with one attached hydrogen (secondary N) is 1. The molecule has 1 aromatic heterocycles. The van der Waals surface area contributed by atoms with E-state index in [4.69, 9.17) is 9.47 Å². The van der Waals surface area contributed by atoms with Gasteiger partial charge in [0, 0.05) is 48.6 Å². The lowest BCUT2D eigenvalue weighted by molar-refractivity contribution is -0.207. The number of H-pyrrole nitrogens is 1. The molecule has 7 nitrogen and oxygen atoms in total. The summed E-state index contributed by atoms with van der Waals surface area (Å²) in [5.41, 5.74) is 0.244. The minimum atomic E-state index is -0.377. The first kappa shape index (κ1) is 19.0. The standard InChI is InChI=1S/C21H26N2O5/c1-3-28-18-11-17(24)21(18)6-8-23(9-7-21)20(26)15-12-22-16-5-4-13(27-2)10-14(16)19(15)25/h4-5,10,12,17-18,24H,3,6-9,11H2,1-2H3,(H,22,25)/t17-,18+/m1/s1. The van der Waals surface area contributed by atoms with Crippen LogP contribution in [-0.2, 0) is 4.74 Å².